The maximum Gasteiger partial charge on any atom is 0.190 e. The van der Waals surface area contributed by atoms with Crippen molar-refractivity contribution in [2.45, 2.75) is 25.7 Å². The molecule has 0 radical (unpaired) electrons. The van der Waals surface area contributed by atoms with Crippen LogP contribution in [0.25, 0.3) is 0 Å². The van der Waals surface area contributed by atoms with Gasteiger partial charge in [0.05, 0.1) is 0 Å². The summed E-state index contributed by atoms with van der Waals surface area (Å²) in [6.07, 6.45) is 4.31. The smallest absolute Gasteiger partial charge is 0.190 e. The van der Waals surface area contributed by atoms with Crippen molar-refractivity contribution in [2.75, 3.05) is 65.1 Å². The summed E-state index contributed by atoms with van der Waals surface area (Å²) >= 11 is 0. The lowest BCUT2D eigenvalue weighted by Crippen LogP contribution is -2.39. The summed E-state index contributed by atoms with van der Waals surface area (Å²) in [5, 5.41) is 6.73. The van der Waals surface area contributed by atoms with Gasteiger partial charge in [0.15, 0.2) is 5.96 Å². The molecular formula is C21H36N4O2. The Kier molecular flexibility index (Phi) is 10.7. The lowest BCUT2D eigenvalue weighted by atomic mass is 10.0. The molecule has 0 unspecified atom stereocenters. The fourth-order valence-electron chi connectivity index (χ4n) is 3.10. The van der Waals surface area contributed by atoms with Crippen molar-refractivity contribution in [3.05, 3.63) is 30.3 Å². The molecule has 0 bridgehead atoms. The van der Waals surface area contributed by atoms with Gasteiger partial charge in [-0.15, -0.1) is 0 Å². The number of para-hydroxylation sites is 1. The van der Waals surface area contributed by atoms with Crippen molar-refractivity contribution in [3.63, 3.8) is 0 Å². The Morgan fingerprint density at radius 3 is 2.56 bits per heavy atom. The molecular weight excluding hydrogens is 340 g/mol. The molecule has 1 heterocycles. The summed E-state index contributed by atoms with van der Waals surface area (Å²) in [4.78, 5) is 6.55. The molecule has 0 spiro atoms. The van der Waals surface area contributed by atoms with E-state index in [-0.39, 0.29) is 0 Å². The van der Waals surface area contributed by atoms with E-state index in [9.17, 15) is 0 Å². The number of ether oxygens (including phenoxy) is 2. The molecule has 0 atom stereocenters. The molecule has 6 nitrogen and oxygen atoms in total. The van der Waals surface area contributed by atoms with Crippen molar-refractivity contribution in [2.24, 2.45) is 10.9 Å². The lowest BCUT2D eigenvalue weighted by Gasteiger charge is -2.21. The Labute approximate surface area is 164 Å². The first kappa shape index (κ1) is 21.5. The minimum absolute atomic E-state index is 0.676. The van der Waals surface area contributed by atoms with E-state index < -0.39 is 0 Å². The Bertz CT molecular complexity index is 518. The number of benzene rings is 1. The second-order valence-corrected chi connectivity index (χ2v) is 7.02. The van der Waals surface area contributed by atoms with Crippen LogP contribution < -0.4 is 15.5 Å². The molecule has 1 saturated heterocycles. The SMILES string of the molecule is CN=C(NCCCOCC1CCOCC1)NCCCN(C)c1ccccc1. The van der Waals surface area contributed by atoms with Gasteiger partial charge in [-0.2, -0.15) is 0 Å². The number of nitrogens with zero attached hydrogens (tertiary/aromatic N) is 2. The average Bonchev–Trinajstić information content (AvgIpc) is 2.73. The third-order valence-electron chi connectivity index (χ3n) is 4.84. The Balaban J connectivity index is 1.46. The van der Waals surface area contributed by atoms with E-state index in [4.69, 9.17) is 9.47 Å². The lowest BCUT2D eigenvalue weighted by molar-refractivity contribution is 0.0203. The number of aliphatic imine (C=N–C) groups is 1. The first-order chi connectivity index (χ1) is 13.3. The summed E-state index contributed by atoms with van der Waals surface area (Å²) in [6.45, 7) is 6.22. The van der Waals surface area contributed by atoms with E-state index in [0.29, 0.717) is 5.92 Å². The second kappa shape index (κ2) is 13.4. The molecule has 1 fully saturated rings. The molecule has 0 aromatic heterocycles. The number of hydrogen-bond acceptors (Lipinski definition) is 4. The van der Waals surface area contributed by atoms with Crippen LogP contribution in [0.1, 0.15) is 25.7 Å². The van der Waals surface area contributed by atoms with Gasteiger partial charge in [-0.05, 0) is 43.7 Å². The van der Waals surface area contributed by atoms with E-state index >= 15 is 0 Å². The van der Waals surface area contributed by atoms with Crippen LogP contribution in [0, 0.1) is 5.92 Å². The summed E-state index contributed by atoms with van der Waals surface area (Å²) in [5.41, 5.74) is 1.25. The van der Waals surface area contributed by atoms with E-state index in [2.05, 4.69) is 51.8 Å². The minimum atomic E-state index is 0.676. The van der Waals surface area contributed by atoms with Crippen molar-refractivity contribution in [1.82, 2.24) is 10.6 Å². The van der Waals surface area contributed by atoms with Crippen LogP contribution >= 0.6 is 0 Å². The van der Waals surface area contributed by atoms with Gasteiger partial charge in [0.2, 0.25) is 0 Å². The Morgan fingerprint density at radius 2 is 1.85 bits per heavy atom. The molecule has 0 aliphatic carbocycles. The van der Waals surface area contributed by atoms with Gasteiger partial charge in [-0.3, -0.25) is 4.99 Å². The van der Waals surface area contributed by atoms with Crippen LogP contribution in [0.3, 0.4) is 0 Å². The molecule has 1 aromatic carbocycles. The van der Waals surface area contributed by atoms with E-state index in [1.807, 2.05) is 13.1 Å². The normalized spacial score (nSPS) is 15.6. The van der Waals surface area contributed by atoms with E-state index in [1.165, 1.54) is 5.69 Å². The number of anilines is 1. The zero-order chi connectivity index (χ0) is 19.2. The topological polar surface area (TPSA) is 58.1 Å². The molecule has 1 aromatic rings. The van der Waals surface area contributed by atoms with Crippen molar-refractivity contribution < 1.29 is 9.47 Å². The fourth-order valence-corrected chi connectivity index (χ4v) is 3.10. The van der Waals surface area contributed by atoms with Crippen LogP contribution in [-0.2, 0) is 9.47 Å². The number of hydrogen-bond donors (Lipinski definition) is 2. The van der Waals surface area contributed by atoms with Gasteiger partial charge in [0.25, 0.3) is 0 Å². The third kappa shape index (κ3) is 9.11. The molecule has 0 amide bonds. The minimum Gasteiger partial charge on any atom is -0.381 e. The predicted octanol–water partition coefficient (Wildman–Crippen LogP) is 2.51. The van der Waals surface area contributed by atoms with Crippen LogP contribution in [-0.4, -0.2) is 66.1 Å². The van der Waals surface area contributed by atoms with Gasteiger partial charge in [0.1, 0.15) is 0 Å². The Hall–Kier alpha value is -1.79. The summed E-state index contributed by atoms with van der Waals surface area (Å²) in [7, 11) is 3.94. The number of guanidine groups is 1. The van der Waals surface area contributed by atoms with Crippen LogP contribution in [0.15, 0.2) is 35.3 Å². The highest BCUT2D eigenvalue weighted by molar-refractivity contribution is 5.79. The van der Waals surface area contributed by atoms with Crippen molar-refractivity contribution >= 4 is 11.6 Å². The van der Waals surface area contributed by atoms with Gasteiger partial charge in [0, 0.05) is 65.8 Å². The Morgan fingerprint density at radius 1 is 1.15 bits per heavy atom. The van der Waals surface area contributed by atoms with Gasteiger partial charge in [-0.25, -0.2) is 0 Å². The standard InChI is InChI=1S/C21H36N4O2/c1-22-21(23-12-6-14-25(2)20-8-4-3-5-9-20)24-13-7-15-27-18-19-10-16-26-17-11-19/h3-5,8-9,19H,6-7,10-18H2,1-2H3,(H2,22,23,24). The summed E-state index contributed by atoms with van der Waals surface area (Å²) < 4.78 is 11.2. The maximum absolute atomic E-state index is 5.79. The number of nitrogens with one attached hydrogen (secondary N) is 2. The van der Waals surface area contributed by atoms with Crippen LogP contribution in [0.5, 0.6) is 0 Å². The quantitative estimate of drug-likeness (QED) is 0.353. The van der Waals surface area contributed by atoms with E-state index in [1.54, 1.807) is 0 Å². The zero-order valence-electron chi connectivity index (χ0n) is 17.0. The predicted molar refractivity (Wildman–Crippen MR) is 113 cm³/mol. The molecule has 1 aliphatic heterocycles. The average molecular weight is 377 g/mol. The molecule has 27 heavy (non-hydrogen) atoms. The largest absolute Gasteiger partial charge is 0.381 e. The zero-order valence-corrected chi connectivity index (χ0v) is 17.0. The van der Waals surface area contributed by atoms with Gasteiger partial charge in [-0.1, -0.05) is 18.2 Å². The van der Waals surface area contributed by atoms with Crippen molar-refractivity contribution in [1.29, 1.82) is 0 Å². The molecule has 2 N–H and O–H groups in total. The molecule has 0 saturated carbocycles. The number of rotatable bonds is 11. The third-order valence-corrected chi connectivity index (χ3v) is 4.84. The van der Waals surface area contributed by atoms with Gasteiger partial charge >= 0.3 is 0 Å². The van der Waals surface area contributed by atoms with E-state index in [0.717, 1.165) is 77.7 Å². The monoisotopic (exact) mass is 376 g/mol. The molecule has 1 aliphatic rings. The highest BCUT2D eigenvalue weighted by Crippen LogP contribution is 2.14. The molecule has 6 heteroatoms. The highest BCUT2D eigenvalue weighted by Gasteiger charge is 2.13. The second-order valence-electron chi connectivity index (χ2n) is 7.02. The highest BCUT2D eigenvalue weighted by atomic mass is 16.5. The first-order valence-electron chi connectivity index (χ1n) is 10.2. The molecule has 152 valence electrons. The van der Waals surface area contributed by atoms with Crippen LogP contribution in [0.2, 0.25) is 0 Å². The van der Waals surface area contributed by atoms with Crippen LogP contribution in [0.4, 0.5) is 5.69 Å². The maximum atomic E-state index is 5.79. The summed E-state index contributed by atoms with van der Waals surface area (Å²) in [6, 6.07) is 10.5. The van der Waals surface area contributed by atoms with Crippen molar-refractivity contribution in [3.8, 4) is 0 Å². The molecule has 2 rings (SSSR count). The fraction of sp³-hybridized carbons (Fsp3) is 0.667. The summed E-state index contributed by atoms with van der Waals surface area (Å²) in [5.74, 6) is 1.54. The van der Waals surface area contributed by atoms with Gasteiger partial charge < -0.3 is 25.0 Å². The first-order valence-corrected chi connectivity index (χ1v) is 10.2.